The minimum atomic E-state index is -0.198. The van der Waals surface area contributed by atoms with E-state index in [2.05, 4.69) is 17.3 Å². The molecule has 1 aromatic rings. The van der Waals surface area contributed by atoms with Gasteiger partial charge in [0.15, 0.2) is 0 Å². The lowest BCUT2D eigenvalue weighted by Crippen LogP contribution is -2.30. The second-order valence-electron chi connectivity index (χ2n) is 7.01. The van der Waals surface area contributed by atoms with Gasteiger partial charge in [-0.15, -0.1) is 0 Å². The summed E-state index contributed by atoms with van der Waals surface area (Å²) in [6, 6.07) is 7.17. The van der Waals surface area contributed by atoms with Gasteiger partial charge in [0, 0.05) is 5.02 Å². The number of nitrogens with zero attached hydrogens (tertiary/aromatic N) is 2. The topological polar surface area (TPSA) is 49.7 Å². The van der Waals surface area contributed by atoms with Crippen LogP contribution in [0.3, 0.4) is 0 Å². The van der Waals surface area contributed by atoms with Crippen LogP contribution in [0.2, 0.25) is 5.02 Å². The van der Waals surface area contributed by atoms with E-state index in [0.717, 1.165) is 23.4 Å². The van der Waals surface area contributed by atoms with E-state index in [1.165, 1.54) is 6.21 Å². The van der Waals surface area contributed by atoms with Gasteiger partial charge < -0.3 is 0 Å². The summed E-state index contributed by atoms with van der Waals surface area (Å²) in [5, 5.41) is 5.85. The molecule has 23 heavy (non-hydrogen) atoms. The van der Waals surface area contributed by atoms with Crippen molar-refractivity contribution >= 4 is 29.6 Å². The monoisotopic (exact) mass is 326 g/mol. The molecule has 0 radical (unpaired) electrons. The Hall–Kier alpha value is -1.94. The van der Waals surface area contributed by atoms with Crippen LogP contribution in [-0.2, 0) is 9.59 Å². The fraction of sp³-hybridized carbons (Fsp3) is 0.389. The molecular formula is C18H15ClN2O2. The van der Waals surface area contributed by atoms with Crippen LogP contribution in [-0.4, -0.2) is 23.0 Å². The third-order valence-electron chi connectivity index (χ3n) is 6.00. The Labute approximate surface area is 138 Å². The van der Waals surface area contributed by atoms with Gasteiger partial charge in [0.25, 0.3) is 11.8 Å². The second-order valence-corrected chi connectivity index (χ2v) is 7.45. The van der Waals surface area contributed by atoms with Crippen LogP contribution in [0.5, 0.6) is 0 Å². The van der Waals surface area contributed by atoms with Crippen molar-refractivity contribution in [2.24, 2.45) is 34.2 Å². The van der Waals surface area contributed by atoms with Crippen LogP contribution in [0.4, 0.5) is 0 Å². The molecule has 116 valence electrons. The van der Waals surface area contributed by atoms with Crippen molar-refractivity contribution in [3.8, 4) is 0 Å². The van der Waals surface area contributed by atoms with E-state index < -0.39 is 0 Å². The molecule has 4 aliphatic rings. The molecule has 1 saturated heterocycles. The van der Waals surface area contributed by atoms with Crippen LogP contribution in [0.25, 0.3) is 0 Å². The fourth-order valence-electron chi connectivity index (χ4n) is 4.89. The highest BCUT2D eigenvalue weighted by Gasteiger charge is 2.73. The van der Waals surface area contributed by atoms with Crippen LogP contribution < -0.4 is 0 Å². The highest BCUT2D eigenvalue weighted by Crippen LogP contribution is 2.73. The number of rotatable bonds is 2. The smallest absolute Gasteiger partial charge is 0.254 e. The van der Waals surface area contributed by atoms with E-state index >= 15 is 0 Å². The zero-order valence-corrected chi connectivity index (χ0v) is 13.1. The molecule has 1 heterocycles. The number of amides is 2. The molecule has 2 saturated carbocycles. The first-order chi connectivity index (χ1) is 11.1. The average molecular weight is 327 g/mol. The predicted octanol–water partition coefficient (Wildman–Crippen LogP) is 2.87. The number of carbonyl (C=O) groups excluding carboxylic acids is 2. The zero-order chi connectivity index (χ0) is 15.8. The van der Waals surface area contributed by atoms with Gasteiger partial charge in [-0.2, -0.15) is 10.1 Å². The molecule has 3 fully saturated rings. The molecule has 4 nitrogen and oxygen atoms in total. The lowest BCUT2D eigenvalue weighted by Gasteiger charge is -2.18. The largest absolute Gasteiger partial charge is 0.272 e. The SMILES string of the molecule is O=C1C2C(C(=O)N1N=Cc1cccc(Cl)c1)C1C=CC2C12CC2. The van der Waals surface area contributed by atoms with Gasteiger partial charge in [-0.25, -0.2) is 0 Å². The molecule has 0 aromatic heterocycles. The molecule has 5 rings (SSSR count). The molecule has 5 heteroatoms. The lowest BCUT2D eigenvalue weighted by atomic mass is 9.85. The third kappa shape index (κ3) is 1.65. The minimum absolute atomic E-state index is 0.138. The predicted molar refractivity (Wildman–Crippen MR) is 85.7 cm³/mol. The Bertz CT molecular complexity index is 762. The van der Waals surface area contributed by atoms with Crippen LogP contribution in [0, 0.1) is 29.1 Å². The van der Waals surface area contributed by atoms with Crippen molar-refractivity contribution in [2.75, 3.05) is 0 Å². The molecule has 0 N–H and O–H groups in total. The molecule has 2 bridgehead atoms. The van der Waals surface area contributed by atoms with E-state index in [1.54, 1.807) is 12.1 Å². The summed E-state index contributed by atoms with van der Waals surface area (Å²) >= 11 is 5.94. The van der Waals surface area contributed by atoms with Crippen molar-refractivity contribution in [2.45, 2.75) is 12.8 Å². The molecule has 4 unspecified atom stereocenters. The minimum Gasteiger partial charge on any atom is -0.272 e. The van der Waals surface area contributed by atoms with E-state index in [9.17, 15) is 9.59 Å². The number of hydrogen-bond acceptors (Lipinski definition) is 3. The Balaban J connectivity index is 1.44. The van der Waals surface area contributed by atoms with Gasteiger partial charge in [0.05, 0.1) is 18.1 Å². The summed E-state index contributed by atoms with van der Waals surface area (Å²) in [6.45, 7) is 0. The van der Waals surface area contributed by atoms with Gasteiger partial charge in [-0.05, 0) is 47.8 Å². The quantitative estimate of drug-likeness (QED) is 0.476. The summed E-state index contributed by atoms with van der Waals surface area (Å²) in [4.78, 5) is 25.4. The third-order valence-corrected chi connectivity index (χ3v) is 6.24. The zero-order valence-electron chi connectivity index (χ0n) is 12.4. The normalized spacial score (nSPS) is 35.8. The number of benzene rings is 1. The summed E-state index contributed by atoms with van der Waals surface area (Å²) < 4.78 is 0. The number of allylic oxidation sites excluding steroid dienone is 2. The Kier molecular flexibility index (Phi) is 2.54. The van der Waals surface area contributed by atoms with Gasteiger partial charge in [-0.1, -0.05) is 35.9 Å². The van der Waals surface area contributed by atoms with E-state index in [-0.39, 0.29) is 40.9 Å². The summed E-state index contributed by atoms with van der Waals surface area (Å²) in [5.41, 5.74) is 0.999. The number of hydrogen-bond donors (Lipinski definition) is 0. The molecule has 1 aromatic carbocycles. The first kappa shape index (κ1) is 13.5. The van der Waals surface area contributed by atoms with E-state index in [0.29, 0.717) is 5.02 Å². The van der Waals surface area contributed by atoms with Crippen LogP contribution >= 0.6 is 11.6 Å². The standard InChI is InChI=1S/C18H15ClN2O2/c19-11-3-1-2-10(8-11)9-20-21-16(22)14-12-4-5-13(15(14)17(21)23)18(12)6-7-18/h1-5,8-9,12-15H,6-7H2. The molecule has 1 spiro atoms. The van der Waals surface area contributed by atoms with Crippen molar-refractivity contribution in [3.05, 3.63) is 47.0 Å². The number of carbonyl (C=O) groups is 2. The van der Waals surface area contributed by atoms with Gasteiger partial charge in [-0.3, -0.25) is 9.59 Å². The highest BCUT2D eigenvalue weighted by molar-refractivity contribution is 6.30. The maximum absolute atomic E-state index is 12.7. The van der Waals surface area contributed by atoms with E-state index in [4.69, 9.17) is 11.6 Å². The maximum Gasteiger partial charge on any atom is 0.254 e. The van der Waals surface area contributed by atoms with Crippen molar-refractivity contribution < 1.29 is 9.59 Å². The average Bonchev–Trinajstić information content (AvgIpc) is 3.13. The van der Waals surface area contributed by atoms with Crippen molar-refractivity contribution in [3.63, 3.8) is 0 Å². The lowest BCUT2D eigenvalue weighted by molar-refractivity contribution is -0.141. The van der Waals surface area contributed by atoms with Crippen molar-refractivity contribution in [1.82, 2.24) is 5.01 Å². The first-order valence-corrected chi connectivity index (χ1v) is 8.35. The molecular weight excluding hydrogens is 312 g/mol. The molecule has 4 atom stereocenters. The van der Waals surface area contributed by atoms with E-state index in [1.807, 2.05) is 12.1 Å². The van der Waals surface area contributed by atoms with Gasteiger partial charge in [0.1, 0.15) is 0 Å². The highest BCUT2D eigenvalue weighted by atomic mass is 35.5. The van der Waals surface area contributed by atoms with Gasteiger partial charge in [0.2, 0.25) is 0 Å². The Morgan fingerprint density at radius 2 is 1.78 bits per heavy atom. The Morgan fingerprint density at radius 3 is 2.35 bits per heavy atom. The second kappa shape index (κ2) is 4.32. The van der Waals surface area contributed by atoms with Crippen LogP contribution in [0.1, 0.15) is 18.4 Å². The molecule has 1 aliphatic heterocycles. The number of fused-ring (bicyclic) bond motifs is 3. The first-order valence-electron chi connectivity index (χ1n) is 7.97. The summed E-state index contributed by atoms with van der Waals surface area (Å²) in [7, 11) is 0. The molecule has 2 amide bonds. The fourth-order valence-corrected chi connectivity index (χ4v) is 5.09. The number of imide groups is 1. The van der Waals surface area contributed by atoms with Crippen LogP contribution in [0.15, 0.2) is 41.5 Å². The van der Waals surface area contributed by atoms with Gasteiger partial charge >= 0.3 is 0 Å². The Morgan fingerprint density at radius 1 is 1.13 bits per heavy atom. The maximum atomic E-state index is 12.7. The number of hydrazone groups is 1. The summed E-state index contributed by atoms with van der Waals surface area (Å²) in [5.74, 6) is -0.198. The number of halogens is 1. The van der Waals surface area contributed by atoms with Crippen molar-refractivity contribution in [1.29, 1.82) is 0 Å². The summed E-state index contributed by atoms with van der Waals surface area (Å²) in [6.07, 6.45) is 8.15. The molecule has 3 aliphatic carbocycles.